The predicted molar refractivity (Wildman–Crippen MR) is 48.9 cm³/mol. The summed E-state index contributed by atoms with van der Waals surface area (Å²) in [4.78, 5) is 0. The van der Waals surface area contributed by atoms with E-state index in [2.05, 4.69) is 0 Å². The Bertz CT molecular complexity index is 241. The average Bonchev–Trinajstić information content (AvgIpc) is 2.03. The van der Waals surface area contributed by atoms with Gasteiger partial charge in [0.2, 0.25) is 0 Å². The van der Waals surface area contributed by atoms with Crippen LogP contribution in [0.15, 0.2) is 0 Å². The molecule has 0 aromatic carbocycles. The van der Waals surface area contributed by atoms with E-state index in [0.717, 1.165) is 19.1 Å². The molecule has 1 unspecified atom stereocenters. The third kappa shape index (κ3) is 4.06. The zero-order valence-corrected chi connectivity index (χ0v) is 8.84. The first kappa shape index (κ1) is 10.9. The maximum atomic E-state index is 10.8. The van der Waals surface area contributed by atoms with Gasteiger partial charge < -0.3 is 4.74 Å². The van der Waals surface area contributed by atoms with Crippen LogP contribution in [0.25, 0.3) is 0 Å². The zero-order valence-electron chi connectivity index (χ0n) is 8.02. The molecule has 1 atom stereocenters. The number of hydrogen-bond donors (Lipinski definition) is 0. The van der Waals surface area contributed by atoms with E-state index >= 15 is 0 Å². The molecule has 1 saturated heterocycles. The smallest absolute Gasteiger partial charge is 0.264 e. The van der Waals surface area contributed by atoms with Crippen molar-refractivity contribution in [2.75, 3.05) is 19.5 Å². The van der Waals surface area contributed by atoms with Gasteiger partial charge in [-0.2, -0.15) is 8.42 Å². The number of rotatable bonds is 3. The quantitative estimate of drug-likeness (QED) is 0.643. The summed E-state index contributed by atoms with van der Waals surface area (Å²) in [7, 11) is -3.31. The fraction of sp³-hybridized carbons (Fsp3) is 1.00. The van der Waals surface area contributed by atoms with Gasteiger partial charge >= 0.3 is 0 Å². The molecule has 0 aliphatic carbocycles. The first-order valence-corrected chi connectivity index (χ1v) is 6.26. The third-order valence-corrected chi connectivity index (χ3v) is 2.91. The molecular weight excluding hydrogens is 192 g/mol. The molecule has 4 nitrogen and oxygen atoms in total. The Morgan fingerprint density at radius 2 is 1.92 bits per heavy atom. The van der Waals surface area contributed by atoms with Crippen LogP contribution in [0.4, 0.5) is 0 Å². The highest BCUT2D eigenvalue weighted by Gasteiger charge is 2.23. The van der Waals surface area contributed by atoms with E-state index in [1.807, 2.05) is 0 Å². The van der Waals surface area contributed by atoms with Crippen molar-refractivity contribution in [1.29, 1.82) is 0 Å². The molecule has 0 aromatic heterocycles. The molecule has 5 heteroatoms. The van der Waals surface area contributed by atoms with Crippen molar-refractivity contribution in [3.63, 3.8) is 0 Å². The maximum absolute atomic E-state index is 10.8. The standard InChI is InChI=1S/C8H16O4S/c1-7(12-13(2,9)10)8-3-5-11-6-4-8/h7-8H,3-6H2,1-2H3. The number of hydrogen-bond acceptors (Lipinski definition) is 4. The minimum atomic E-state index is -3.31. The lowest BCUT2D eigenvalue weighted by Gasteiger charge is -2.26. The second-order valence-electron chi connectivity index (χ2n) is 3.46. The lowest BCUT2D eigenvalue weighted by atomic mass is 9.95. The van der Waals surface area contributed by atoms with Crippen LogP contribution in [0.2, 0.25) is 0 Å². The van der Waals surface area contributed by atoms with Gasteiger partial charge in [-0.1, -0.05) is 0 Å². The van der Waals surface area contributed by atoms with Crippen LogP contribution in [-0.2, 0) is 19.0 Å². The van der Waals surface area contributed by atoms with Crippen molar-refractivity contribution in [3.05, 3.63) is 0 Å². The molecule has 1 fully saturated rings. The lowest BCUT2D eigenvalue weighted by Crippen LogP contribution is -2.28. The lowest BCUT2D eigenvalue weighted by molar-refractivity contribution is 0.0261. The SMILES string of the molecule is CC(OS(C)(=O)=O)C1CCOCC1. The van der Waals surface area contributed by atoms with E-state index in [-0.39, 0.29) is 6.10 Å². The van der Waals surface area contributed by atoms with E-state index in [4.69, 9.17) is 8.92 Å². The van der Waals surface area contributed by atoms with Gasteiger partial charge in [-0.3, -0.25) is 4.18 Å². The van der Waals surface area contributed by atoms with Crippen LogP contribution in [-0.4, -0.2) is 34.0 Å². The normalized spacial score (nSPS) is 22.9. The van der Waals surface area contributed by atoms with Crippen molar-refractivity contribution in [3.8, 4) is 0 Å². The molecule has 0 amide bonds. The molecular formula is C8H16O4S. The molecule has 0 N–H and O–H groups in total. The van der Waals surface area contributed by atoms with E-state index in [1.165, 1.54) is 0 Å². The summed E-state index contributed by atoms with van der Waals surface area (Å²) >= 11 is 0. The molecule has 1 aliphatic heterocycles. The molecule has 1 rings (SSSR count). The Labute approximate surface area is 79.3 Å². The Balaban J connectivity index is 2.42. The second-order valence-corrected chi connectivity index (χ2v) is 5.06. The van der Waals surface area contributed by atoms with Crippen LogP contribution in [0.3, 0.4) is 0 Å². The molecule has 0 spiro atoms. The fourth-order valence-corrected chi connectivity index (χ4v) is 2.25. The van der Waals surface area contributed by atoms with Crippen LogP contribution in [0.1, 0.15) is 19.8 Å². The monoisotopic (exact) mass is 208 g/mol. The highest BCUT2D eigenvalue weighted by atomic mass is 32.2. The molecule has 1 heterocycles. The van der Waals surface area contributed by atoms with Crippen LogP contribution >= 0.6 is 0 Å². The summed E-state index contributed by atoms with van der Waals surface area (Å²) in [6.45, 7) is 3.22. The molecule has 0 aromatic rings. The fourth-order valence-electron chi connectivity index (χ4n) is 1.54. The third-order valence-electron chi connectivity index (χ3n) is 2.26. The summed E-state index contributed by atoms with van der Waals surface area (Å²) in [5.41, 5.74) is 0. The van der Waals surface area contributed by atoms with Gasteiger partial charge in [0.05, 0.1) is 12.4 Å². The second kappa shape index (κ2) is 4.39. The van der Waals surface area contributed by atoms with Crippen molar-refractivity contribution >= 4 is 10.1 Å². The van der Waals surface area contributed by atoms with Crippen LogP contribution in [0, 0.1) is 5.92 Å². The zero-order chi connectivity index (χ0) is 9.90. The minimum Gasteiger partial charge on any atom is -0.381 e. The van der Waals surface area contributed by atoms with Gasteiger partial charge in [-0.15, -0.1) is 0 Å². The van der Waals surface area contributed by atoms with Gasteiger partial charge in [0, 0.05) is 13.2 Å². The molecule has 1 aliphatic rings. The summed E-state index contributed by atoms with van der Waals surface area (Å²) in [5, 5.41) is 0. The Morgan fingerprint density at radius 3 is 2.38 bits per heavy atom. The molecule has 78 valence electrons. The van der Waals surface area contributed by atoms with Gasteiger partial charge in [-0.05, 0) is 25.7 Å². The highest BCUT2D eigenvalue weighted by molar-refractivity contribution is 7.86. The predicted octanol–water partition coefficient (Wildman–Crippen LogP) is 0.778. The Kier molecular flexibility index (Phi) is 3.70. The minimum absolute atomic E-state index is 0.223. The van der Waals surface area contributed by atoms with Gasteiger partial charge in [0.1, 0.15) is 0 Å². The highest BCUT2D eigenvalue weighted by Crippen LogP contribution is 2.21. The average molecular weight is 208 g/mol. The van der Waals surface area contributed by atoms with E-state index in [1.54, 1.807) is 6.92 Å². The van der Waals surface area contributed by atoms with E-state index in [9.17, 15) is 8.42 Å². The van der Waals surface area contributed by atoms with Crippen LogP contribution in [0.5, 0.6) is 0 Å². The topological polar surface area (TPSA) is 52.6 Å². The summed E-state index contributed by atoms with van der Waals surface area (Å²) in [6, 6.07) is 0. The van der Waals surface area contributed by atoms with E-state index in [0.29, 0.717) is 19.1 Å². The number of ether oxygens (including phenoxy) is 1. The van der Waals surface area contributed by atoms with Crippen molar-refractivity contribution in [2.24, 2.45) is 5.92 Å². The summed E-state index contributed by atoms with van der Waals surface area (Å²) in [5.74, 6) is 0.309. The molecule has 0 bridgehead atoms. The van der Waals surface area contributed by atoms with E-state index < -0.39 is 10.1 Å². The summed E-state index contributed by atoms with van der Waals surface area (Å²) < 4.78 is 31.7. The largest absolute Gasteiger partial charge is 0.381 e. The summed E-state index contributed by atoms with van der Waals surface area (Å²) in [6.07, 6.45) is 2.63. The molecule has 0 radical (unpaired) electrons. The Morgan fingerprint density at radius 1 is 1.38 bits per heavy atom. The first-order valence-electron chi connectivity index (χ1n) is 4.45. The van der Waals surface area contributed by atoms with Crippen molar-refractivity contribution < 1.29 is 17.3 Å². The van der Waals surface area contributed by atoms with Crippen molar-refractivity contribution in [1.82, 2.24) is 0 Å². The Hall–Kier alpha value is -0.130. The van der Waals surface area contributed by atoms with Gasteiger partial charge in [0.25, 0.3) is 10.1 Å². The molecule has 13 heavy (non-hydrogen) atoms. The molecule has 0 saturated carbocycles. The van der Waals surface area contributed by atoms with Gasteiger partial charge in [-0.25, -0.2) is 0 Å². The van der Waals surface area contributed by atoms with Gasteiger partial charge in [0.15, 0.2) is 0 Å². The van der Waals surface area contributed by atoms with Crippen LogP contribution < -0.4 is 0 Å². The van der Waals surface area contributed by atoms with Crippen molar-refractivity contribution in [2.45, 2.75) is 25.9 Å². The first-order chi connectivity index (χ1) is 5.99. The maximum Gasteiger partial charge on any atom is 0.264 e.